The number of carbonyl (C=O) groups excluding carboxylic acids is 1. The van der Waals surface area contributed by atoms with Crippen molar-refractivity contribution < 1.29 is 9.72 Å². The molecule has 1 N–H and O–H groups in total. The number of nitro benzene ring substituents is 1. The van der Waals surface area contributed by atoms with Gasteiger partial charge in [0.25, 0.3) is 11.6 Å². The maximum atomic E-state index is 12.1. The van der Waals surface area contributed by atoms with Crippen molar-refractivity contribution in [3.8, 4) is 0 Å². The normalized spacial score (nSPS) is 16.8. The molecule has 0 radical (unpaired) electrons. The molecule has 0 unspecified atom stereocenters. The summed E-state index contributed by atoms with van der Waals surface area (Å²) in [6.45, 7) is 0. The van der Waals surface area contributed by atoms with Gasteiger partial charge in [-0.1, -0.05) is 12.1 Å². The van der Waals surface area contributed by atoms with Crippen LogP contribution in [-0.2, 0) is 4.79 Å². The fraction of sp³-hybridized carbons (Fsp3) is 0.111. The number of rotatable bonds is 4. The minimum atomic E-state index is -0.467. The highest BCUT2D eigenvalue weighted by Crippen LogP contribution is 2.29. The smallest absolute Gasteiger partial charge is 0.269 e. The molecule has 8 heteroatoms. The Morgan fingerprint density at radius 1 is 1.12 bits per heavy atom. The number of non-ortho nitro benzene ring substituents is 1. The molecule has 1 saturated heterocycles. The Balaban J connectivity index is 1.76. The van der Waals surface area contributed by atoms with Crippen LogP contribution in [0.2, 0.25) is 0 Å². The Hall–Kier alpha value is -3.13. The summed E-state index contributed by atoms with van der Waals surface area (Å²) in [5.74, 6) is -0.215. The minimum Gasteiger partial charge on any atom is -0.378 e. The average molecular weight is 368 g/mol. The van der Waals surface area contributed by atoms with Crippen LogP contribution in [0.3, 0.4) is 0 Å². The van der Waals surface area contributed by atoms with Gasteiger partial charge in [0.15, 0.2) is 5.17 Å². The molecule has 7 nitrogen and oxygen atoms in total. The molecule has 1 fully saturated rings. The number of nitro groups is 1. The van der Waals surface area contributed by atoms with Gasteiger partial charge in [0.1, 0.15) is 0 Å². The summed E-state index contributed by atoms with van der Waals surface area (Å²) >= 11 is 1.24. The third kappa shape index (κ3) is 4.09. The number of hydrogen-bond donors (Lipinski definition) is 1. The second-order valence-electron chi connectivity index (χ2n) is 5.74. The highest BCUT2D eigenvalue weighted by atomic mass is 32.2. The van der Waals surface area contributed by atoms with E-state index >= 15 is 0 Å². The van der Waals surface area contributed by atoms with Crippen LogP contribution in [0.4, 0.5) is 17.1 Å². The molecule has 0 aliphatic carbocycles. The van der Waals surface area contributed by atoms with Gasteiger partial charge >= 0.3 is 0 Å². The van der Waals surface area contributed by atoms with Gasteiger partial charge in [0.05, 0.1) is 15.5 Å². The average Bonchev–Trinajstić information content (AvgIpc) is 2.95. The molecule has 132 valence electrons. The quantitative estimate of drug-likeness (QED) is 0.506. The Morgan fingerprint density at radius 3 is 2.35 bits per heavy atom. The number of carbonyl (C=O) groups is 1. The van der Waals surface area contributed by atoms with Gasteiger partial charge in [-0.25, -0.2) is 4.99 Å². The molecule has 0 aromatic heterocycles. The summed E-state index contributed by atoms with van der Waals surface area (Å²) < 4.78 is 0. The fourth-order valence-electron chi connectivity index (χ4n) is 2.27. The molecule has 0 spiro atoms. The number of anilines is 1. The third-order valence-corrected chi connectivity index (χ3v) is 4.56. The molecule has 2 aromatic carbocycles. The van der Waals surface area contributed by atoms with Crippen molar-refractivity contribution in [2.24, 2.45) is 4.99 Å². The van der Waals surface area contributed by atoms with Gasteiger partial charge in [-0.2, -0.15) is 0 Å². The SMILES string of the molecule is CN(C)c1ccc(/C=C2\SC(=Nc3ccc([N+](=O)[O-])cc3)NC2=O)cc1. The summed E-state index contributed by atoms with van der Waals surface area (Å²) in [6.07, 6.45) is 1.80. The van der Waals surface area contributed by atoms with Crippen molar-refractivity contribution in [2.45, 2.75) is 0 Å². The zero-order valence-electron chi connectivity index (χ0n) is 14.2. The molecular weight excluding hydrogens is 352 g/mol. The lowest BCUT2D eigenvalue weighted by Gasteiger charge is -2.11. The van der Waals surface area contributed by atoms with Crippen molar-refractivity contribution in [2.75, 3.05) is 19.0 Å². The van der Waals surface area contributed by atoms with Crippen molar-refractivity contribution in [3.05, 3.63) is 69.1 Å². The number of amidine groups is 1. The van der Waals surface area contributed by atoms with Crippen molar-refractivity contribution in [1.29, 1.82) is 0 Å². The second-order valence-corrected chi connectivity index (χ2v) is 6.77. The summed E-state index contributed by atoms with van der Waals surface area (Å²) in [7, 11) is 3.93. The zero-order chi connectivity index (χ0) is 18.7. The molecular formula is C18H16N4O3S. The predicted octanol–water partition coefficient (Wildman–Crippen LogP) is 3.55. The highest BCUT2D eigenvalue weighted by molar-refractivity contribution is 8.18. The number of thioether (sulfide) groups is 1. The van der Waals surface area contributed by atoms with E-state index in [1.54, 1.807) is 18.2 Å². The monoisotopic (exact) mass is 368 g/mol. The first-order valence-electron chi connectivity index (χ1n) is 7.74. The van der Waals surface area contributed by atoms with Gasteiger partial charge in [0.2, 0.25) is 0 Å². The van der Waals surface area contributed by atoms with E-state index in [9.17, 15) is 14.9 Å². The number of hydrogen-bond acceptors (Lipinski definition) is 6. The van der Waals surface area contributed by atoms with Gasteiger partial charge in [-0.3, -0.25) is 14.9 Å². The van der Waals surface area contributed by atoms with Crippen molar-refractivity contribution in [3.63, 3.8) is 0 Å². The Morgan fingerprint density at radius 2 is 1.77 bits per heavy atom. The molecule has 1 aliphatic rings. The molecule has 1 aliphatic heterocycles. The van der Waals surface area contributed by atoms with Gasteiger partial charge in [-0.05, 0) is 47.7 Å². The maximum absolute atomic E-state index is 12.1. The second kappa shape index (κ2) is 7.40. The van der Waals surface area contributed by atoms with Gasteiger partial charge < -0.3 is 10.2 Å². The number of benzene rings is 2. The third-order valence-electron chi connectivity index (χ3n) is 3.65. The van der Waals surface area contributed by atoms with Crippen LogP contribution < -0.4 is 10.2 Å². The van der Waals surface area contributed by atoms with Crippen molar-refractivity contribution in [1.82, 2.24) is 5.32 Å². The minimum absolute atomic E-state index is 0.00110. The van der Waals surface area contributed by atoms with E-state index in [0.717, 1.165) is 11.3 Å². The fourth-order valence-corrected chi connectivity index (χ4v) is 3.11. The molecule has 0 bridgehead atoms. The largest absolute Gasteiger partial charge is 0.378 e. The number of nitrogens with zero attached hydrogens (tertiary/aromatic N) is 3. The predicted molar refractivity (Wildman–Crippen MR) is 105 cm³/mol. The lowest BCUT2D eigenvalue weighted by Crippen LogP contribution is -2.19. The summed E-state index contributed by atoms with van der Waals surface area (Å²) in [6, 6.07) is 13.7. The van der Waals surface area contributed by atoms with Crippen LogP contribution in [0.15, 0.2) is 58.4 Å². The number of nitrogens with one attached hydrogen (secondary N) is 1. The van der Waals surface area contributed by atoms with Crippen molar-refractivity contribution >= 4 is 46.0 Å². The van der Waals surface area contributed by atoms with Crippen LogP contribution in [0, 0.1) is 10.1 Å². The lowest BCUT2D eigenvalue weighted by molar-refractivity contribution is -0.384. The van der Waals surface area contributed by atoms with E-state index in [-0.39, 0.29) is 11.6 Å². The molecule has 1 heterocycles. The Kier molecular flexibility index (Phi) is 5.04. The van der Waals surface area contributed by atoms with Crippen LogP contribution in [-0.4, -0.2) is 30.1 Å². The number of aliphatic imine (C=N–C) groups is 1. The highest BCUT2D eigenvalue weighted by Gasteiger charge is 2.23. The van der Waals surface area contributed by atoms with Crippen LogP contribution in [0.1, 0.15) is 5.56 Å². The first-order chi connectivity index (χ1) is 12.4. The molecule has 1 amide bonds. The van der Waals surface area contributed by atoms with E-state index in [1.165, 1.54) is 23.9 Å². The van der Waals surface area contributed by atoms with E-state index in [2.05, 4.69) is 10.3 Å². The van der Waals surface area contributed by atoms with E-state index in [1.807, 2.05) is 43.3 Å². The molecule has 3 rings (SSSR count). The van der Waals surface area contributed by atoms with Gasteiger partial charge in [-0.15, -0.1) is 0 Å². The maximum Gasteiger partial charge on any atom is 0.269 e. The topological polar surface area (TPSA) is 87.8 Å². The summed E-state index contributed by atoms with van der Waals surface area (Å²) in [4.78, 5) is 29.2. The van der Waals surface area contributed by atoms with Crippen LogP contribution >= 0.6 is 11.8 Å². The zero-order valence-corrected chi connectivity index (χ0v) is 15.0. The molecule has 26 heavy (non-hydrogen) atoms. The first kappa shape index (κ1) is 17.7. The lowest BCUT2D eigenvalue weighted by atomic mass is 10.2. The summed E-state index contributed by atoms with van der Waals surface area (Å²) in [5, 5.41) is 13.8. The van der Waals surface area contributed by atoms with Gasteiger partial charge in [0, 0.05) is 31.9 Å². The Labute approximate surface area is 154 Å². The summed E-state index contributed by atoms with van der Waals surface area (Å²) in [5.41, 5.74) is 2.54. The molecule has 2 aromatic rings. The van der Waals surface area contributed by atoms with E-state index in [0.29, 0.717) is 15.8 Å². The Bertz CT molecular complexity index is 903. The van der Waals surface area contributed by atoms with E-state index in [4.69, 9.17) is 0 Å². The van der Waals surface area contributed by atoms with Crippen LogP contribution in [0.5, 0.6) is 0 Å². The van der Waals surface area contributed by atoms with E-state index < -0.39 is 4.92 Å². The first-order valence-corrected chi connectivity index (χ1v) is 8.55. The molecule has 0 saturated carbocycles. The van der Waals surface area contributed by atoms with Crippen LogP contribution in [0.25, 0.3) is 6.08 Å². The molecule has 0 atom stereocenters. The standard InChI is InChI=1S/C18H16N4O3S/c1-21(2)14-7-3-12(4-8-14)11-16-17(23)20-18(26-16)19-13-5-9-15(10-6-13)22(24)25/h3-11H,1-2H3,(H,19,20,23)/b16-11-. The number of amides is 1.